The lowest BCUT2D eigenvalue weighted by molar-refractivity contribution is -0.384. The average Bonchev–Trinajstić information content (AvgIpc) is 2.31. The first-order valence-electron chi connectivity index (χ1n) is 4.50. The second-order valence-corrected chi connectivity index (χ2v) is 5.12. The van der Waals surface area contributed by atoms with Crippen LogP contribution in [-0.2, 0) is 0 Å². The van der Waals surface area contributed by atoms with Gasteiger partial charge in [0, 0.05) is 12.1 Å². The first-order chi connectivity index (χ1) is 7.75. The van der Waals surface area contributed by atoms with Crippen molar-refractivity contribution in [3.8, 4) is 5.75 Å². The van der Waals surface area contributed by atoms with Gasteiger partial charge >= 0.3 is 0 Å². The maximum atomic E-state index is 10.4. The van der Waals surface area contributed by atoms with Gasteiger partial charge in [-0.2, -0.15) is 0 Å². The quantitative estimate of drug-likeness (QED) is 0.486. The van der Waals surface area contributed by atoms with Crippen LogP contribution in [0.25, 0.3) is 0 Å². The number of nitro groups is 1. The zero-order chi connectivity index (χ0) is 11.4. The Morgan fingerprint density at radius 3 is 2.56 bits per heavy atom. The Morgan fingerprint density at radius 2 is 2.00 bits per heavy atom. The predicted molar refractivity (Wildman–Crippen MR) is 71.0 cm³/mol. The van der Waals surface area contributed by atoms with E-state index in [2.05, 4.69) is 8.09 Å². The number of hydrogen-bond donors (Lipinski definition) is 0. The Kier molecular flexibility index (Phi) is 3.45. The minimum absolute atomic E-state index is 0.0459. The van der Waals surface area contributed by atoms with Crippen molar-refractivity contribution in [1.82, 2.24) is 0 Å². The molecule has 1 heterocycles. The third kappa shape index (κ3) is 2.75. The smallest absolute Gasteiger partial charge is 0.269 e. The van der Waals surface area contributed by atoms with E-state index in [0.717, 1.165) is 5.76 Å². The minimum Gasteiger partial charge on any atom is -0.457 e. The molecule has 5 heteroatoms. The van der Waals surface area contributed by atoms with Crippen LogP contribution in [0.5, 0.6) is 5.75 Å². The molecule has 0 fully saturated rings. The summed E-state index contributed by atoms with van der Waals surface area (Å²) in [7, 11) is 0. The molecule has 2 rings (SSSR count). The van der Waals surface area contributed by atoms with Crippen molar-refractivity contribution in [2.75, 3.05) is 0 Å². The standard InChI is InChI=1S/C11H8INO3/c14-13(15)9-1-3-10(4-2-9)16-11-5-7-12-8-6-11/h1-8H. The topological polar surface area (TPSA) is 52.4 Å². The summed E-state index contributed by atoms with van der Waals surface area (Å²) < 4.78 is 9.72. The number of hydrogen-bond acceptors (Lipinski definition) is 3. The molecule has 0 amide bonds. The zero-order valence-electron chi connectivity index (χ0n) is 8.17. The highest BCUT2D eigenvalue weighted by Crippen LogP contribution is 2.20. The van der Waals surface area contributed by atoms with Crippen LogP contribution in [-0.4, -0.2) is 8.94 Å². The Bertz CT molecular complexity index is 488. The van der Waals surface area contributed by atoms with E-state index < -0.39 is 4.92 Å². The highest BCUT2D eigenvalue weighted by molar-refractivity contribution is 14.2. The molecular formula is C11H8INO3. The molecule has 0 atom stereocenters. The van der Waals surface area contributed by atoms with Gasteiger partial charge < -0.3 is 4.74 Å². The van der Waals surface area contributed by atoms with Crippen LogP contribution < -0.4 is 4.74 Å². The van der Waals surface area contributed by atoms with Crippen molar-refractivity contribution in [2.24, 2.45) is 0 Å². The van der Waals surface area contributed by atoms with Gasteiger partial charge in [-0.15, -0.1) is 0 Å². The fraction of sp³-hybridized carbons (Fsp3) is 0. The van der Waals surface area contributed by atoms with E-state index >= 15 is 0 Å². The van der Waals surface area contributed by atoms with Gasteiger partial charge in [-0.05, 0) is 32.4 Å². The number of allylic oxidation sites excluding steroid dienone is 2. The number of nitrogens with zero attached hydrogens (tertiary/aromatic N) is 1. The molecule has 0 saturated carbocycles. The molecule has 0 bridgehead atoms. The summed E-state index contributed by atoms with van der Waals surface area (Å²) >= 11 is 0.0459. The second kappa shape index (κ2) is 5.02. The molecule has 0 radical (unpaired) electrons. The first-order valence-corrected chi connectivity index (χ1v) is 6.99. The molecule has 16 heavy (non-hydrogen) atoms. The van der Waals surface area contributed by atoms with Crippen molar-refractivity contribution >= 4 is 30.4 Å². The van der Waals surface area contributed by atoms with E-state index in [9.17, 15) is 10.1 Å². The summed E-state index contributed by atoms with van der Waals surface area (Å²) in [5, 5.41) is 10.4. The highest BCUT2D eigenvalue weighted by atomic mass is 127. The van der Waals surface area contributed by atoms with Gasteiger partial charge in [0.25, 0.3) is 5.69 Å². The van der Waals surface area contributed by atoms with Crippen molar-refractivity contribution in [3.63, 3.8) is 0 Å². The molecule has 1 aromatic carbocycles. The predicted octanol–water partition coefficient (Wildman–Crippen LogP) is 3.16. The number of rotatable bonds is 3. The summed E-state index contributed by atoms with van der Waals surface area (Å²) in [4.78, 5) is 10.0. The van der Waals surface area contributed by atoms with Crippen LogP contribution in [0, 0.1) is 10.1 Å². The molecule has 1 aliphatic heterocycles. The van der Waals surface area contributed by atoms with Gasteiger partial charge in [0.2, 0.25) is 0 Å². The number of benzene rings is 1. The lowest BCUT2D eigenvalue weighted by atomic mass is 10.3. The summed E-state index contributed by atoms with van der Waals surface area (Å²) in [6.07, 6.45) is 3.85. The fourth-order valence-electron chi connectivity index (χ4n) is 1.13. The maximum absolute atomic E-state index is 10.4. The molecule has 0 spiro atoms. The van der Waals surface area contributed by atoms with Crippen molar-refractivity contribution in [2.45, 2.75) is 0 Å². The molecule has 4 nitrogen and oxygen atoms in total. The molecular weight excluding hydrogens is 321 g/mol. The summed E-state index contributed by atoms with van der Waals surface area (Å²) in [5.74, 6) is 1.37. The monoisotopic (exact) mass is 329 g/mol. The fourth-order valence-corrected chi connectivity index (χ4v) is 2.50. The van der Waals surface area contributed by atoms with Gasteiger partial charge in [0.05, 0.1) is 4.92 Å². The van der Waals surface area contributed by atoms with E-state index in [1.165, 1.54) is 12.1 Å². The van der Waals surface area contributed by atoms with E-state index in [4.69, 9.17) is 4.74 Å². The maximum Gasteiger partial charge on any atom is 0.269 e. The molecule has 0 saturated heterocycles. The van der Waals surface area contributed by atoms with Gasteiger partial charge in [-0.1, -0.05) is 20.7 Å². The SMILES string of the molecule is O=[N+]([O-])c1ccc(OC2=CC=IC=C2)cc1. The Labute approximate surface area is 102 Å². The van der Waals surface area contributed by atoms with Gasteiger partial charge in [-0.3, -0.25) is 10.1 Å². The number of ether oxygens (including phenoxy) is 1. The summed E-state index contributed by atoms with van der Waals surface area (Å²) in [6, 6.07) is 6.05. The van der Waals surface area contributed by atoms with E-state index in [-0.39, 0.29) is 26.4 Å². The van der Waals surface area contributed by atoms with Crippen molar-refractivity contribution < 1.29 is 9.66 Å². The van der Waals surface area contributed by atoms with Gasteiger partial charge in [0.1, 0.15) is 11.5 Å². The Hall–Kier alpha value is -1.50. The highest BCUT2D eigenvalue weighted by Gasteiger charge is 2.05. The van der Waals surface area contributed by atoms with Gasteiger partial charge in [0.15, 0.2) is 0 Å². The molecule has 82 valence electrons. The minimum atomic E-state index is -0.429. The van der Waals surface area contributed by atoms with Crippen LogP contribution in [0.15, 0.2) is 46.3 Å². The number of halogens is 1. The molecule has 0 aromatic heterocycles. The number of non-ortho nitro benzene ring substituents is 1. The molecule has 0 aliphatic carbocycles. The van der Waals surface area contributed by atoms with E-state index in [0.29, 0.717) is 5.75 Å². The largest absolute Gasteiger partial charge is 0.457 e. The van der Waals surface area contributed by atoms with Crippen LogP contribution in [0.4, 0.5) is 5.69 Å². The lowest BCUT2D eigenvalue weighted by Gasteiger charge is -2.06. The van der Waals surface area contributed by atoms with Crippen LogP contribution >= 0.6 is 20.7 Å². The van der Waals surface area contributed by atoms with Crippen molar-refractivity contribution in [1.29, 1.82) is 0 Å². The van der Waals surface area contributed by atoms with Crippen molar-refractivity contribution in [3.05, 3.63) is 56.4 Å². The van der Waals surface area contributed by atoms with Crippen LogP contribution in [0.1, 0.15) is 0 Å². The third-order valence-electron chi connectivity index (χ3n) is 1.88. The molecule has 0 unspecified atom stereocenters. The molecule has 1 aromatic rings. The molecule has 0 N–H and O–H groups in total. The third-order valence-corrected chi connectivity index (χ3v) is 3.43. The average molecular weight is 329 g/mol. The number of nitro benzene ring substituents is 1. The lowest BCUT2D eigenvalue weighted by Crippen LogP contribution is -1.94. The summed E-state index contributed by atoms with van der Waals surface area (Å²) in [5.41, 5.74) is 0.0675. The normalized spacial score (nSPS) is 13.9. The van der Waals surface area contributed by atoms with E-state index in [1.807, 2.05) is 12.2 Å². The second-order valence-electron chi connectivity index (χ2n) is 2.97. The van der Waals surface area contributed by atoms with Gasteiger partial charge in [-0.25, -0.2) is 0 Å². The first kappa shape index (κ1) is 11.0. The molecule has 1 aliphatic rings. The Balaban J connectivity index is 2.11. The Morgan fingerprint density at radius 1 is 1.25 bits per heavy atom. The van der Waals surface area contributed by atoms with Crippen LogP contribution in [0.2, 0.25) is 0 Å². The summed E-state index contributed by atoms with van der Waals surface area (Å²) in [6.45, 7) is 0. The van der Waals surface area contributed by atoms with Crippen LogP contribution in [0.3, 0.4) is 0 Å². The van der Waals surface area contributed by atoms with E-state index in [1.54, 1.807) is 12.1 Å². The zero-order valence-corrected chi connectivity index (χ0v) is 10.3.